The molecular weight excluding hydrogens is 463 g/mol. The Labute approximate surface area is 142 Å². The summed E-state index contributed by atoms with van der Waals surface area (Å²) in [5.41, 5.74) is 3.88. The molecule has 0 unspecified atom stereocenters. The van der Waals surface area contributed by atoms with Gasteiger partial charge in [0.25, 0.3) is 0 Å². The van der Waals surface area contributed by atoms with Crippen molar-refractivity contribution in [3.05, 3.63) is 77.9 Å². The summed E-state index contributed by atoms with van der Waals surface area (Å²) in [7, 11) is 0. The Bertz CT molecular complexity index is 785. The van der Waals surface area contributed by atoms with Crippen LogP contribution >= 0.6 is 0 Å². The minimum absolute atomic E-state index is 0. The number of aryl methyl sites for hydroxylation is 1. The second-order valence-corrected chi connectivity index (χ2v) is 4.79. The maximum absolute atomic E-state index is 13.2. The zero-order valence-corrected chi connectivity index (χ0v) is 14.0. The number of aromatic nitrogens is 1. The topological polar surface area (TPSA) is 12.9 Å². The van der Waals surface area contributed by atoms with E-state index in [-0.39, 0.29) is 32.7 Å². The van der Waals surface area contributed by atoms with E-state index in [0.717, 1.165) is 22.4 Å². The van der Waals surface area contributed by atoms with Gasteiger partial charge in [0, 0.05) is 32.4 Å². The van der Waals surface area contributed by atoms with Crippen LogP contribution < -0.4 is 0 Å². The Morgan fingerprint density at radius 2 is 1.64 bits per heavy atom. The van der Waals surface area contributed by atoms with Crippen molar-refractivity contribution >= 4 is 0 Å². The number of hydrogen-bond acceptors (Lipinski definition) is 1. The van der Waals surface area contributed by atoms with Gasteiger partial charge in [-0.3, -0.25) is 9.37 Å². The molecule has 3 rings (SSSR count). The van der Waals surface area contributed by atoms with E-state index < -0.39 is 0 Å². The monoisotopic (exact) mass is 475 g/mol. The van der Waals surface area contributed by atoms with Crippen LogP contribution in [0.15, 0.2) is 54.6 Å². The molecule has 0 aliphatic rings. The fourth-order valence-corrected chi connectivity index (χ4v) is 2.21. The van der Waals surface area contributed by atoms with Crippen molar-refractivity contribution in [3.8, 4) is 22.5 Å². The molecule has 22 heavy (non-hydrogen) atoms. The first kappa shape index (κ1) is 16.5. The minimum Gasteiger partial charge on any atom is -0.296 e. The quantitative estimate of drug-likeness (QED) is 0.486. The van der Waals surface area contributed by atoms with Gasteiger partial charge >= 0.3 is 0 Å². The van der Waals surface area contributed by atoms with Crippen molar-refractivity contribution in [2.45, 2.75) is 6.92 Å². The molecule has 0 amide bonds. The van der Waals surface area contributed by atoms with E-state index in [1.807, 2.05) is 25.1 Å². The Balaban J connectivity index is 0.00000176. The van der Waals surface area contributed by atoms with Crippen LogP contribution in [0.5, 0.6) is 0 Å². The molecule has 1 aromatic heterocycles. The average molecular weight is 475 g/mol. The zero-order valence-electron chi connectivity index (χ0n) is 11.7. The number of pyridine rings is 1. The van der Waals surface area contributed by atoms with E-state index >= 15 is 0 Å². The number of rotatable bonds is 2. The fourth-order valence-electron chi connectivity index (χ4n) is 2.21. The van der Waals surface area contributed by atoms with Gasteiger partial charge in [-0.05, 0) is 42.4 Å². The maximum atomic E-state index is 13.2. The number of nitrogens with zero attached hydrogens (tertiary/aromatic N) is 1. The summed E-state index contributed by atoms with van der Waals surface area (Å²) >= 11 is 0. The van der Waals surface area contributed by atoms with Crippen molar-refractivity contribution < 1.29 is 29.8 Å². The van der Waals surface area contributed by atoms with E-state index in [4.69, 9.17) is 0 Å². The summed E-state index contributed by atoms with van der Waals surface area (Å²) in [5, 5.41) is 0. The molecule has 0 bridgehead atoms. The Hall–Kier alpha value is -1.86. The first-order chi connectivity index (χ1) is 10.1. The third kappa shape index (κ3) is 3.48. The van der Waals surface area contributed by atoms with Gasteiger partial charge in [-0.1, -0.05) is 12.1 Å². The predicted molar refractivity (Wildman–Crippen MR) is 78.6 cm³/mol. The van der Waals surface area contributed by atoms with Gasteiger partial charge < -0.3 is 0 Å². The van der Waals surface area contributed by atoms with E-state index in [1.165, 1.54) is 24.3 Å². The molecule has 0 aliphatic heterocycles. The van der Waals surface area contributed by atoms with E-state index in [0.29, 0.717) is 5.69 Å². The minimum atomic E-state index is -0.329. The largest absolute Gasteiger partial charge is 0.296 e. The van der Waals surface area contributed by atoms with Crippen LogP contribution in [0.2, 0.25) is 0 Å². The van der Waals surface area contributed by atoms with Crippen LogP contribution in [0.4, 0.5) is 8.78 Å². The van der Waals surface area contributed by atoms with Crippen molar-refractivity contribution in [2.24, 2.45) is 0 Å². The van der Waals surface area contributed by atoms with Gasteiger partial charge in [0.15, 0.2) is 0 Å². The average Bonchev–Trinajstić information content (AvgIpc) is 2.48. The zero-order chi connectivity index (χ0) is 14.8. The Morgan fingerprint density at radius 1 is 0.909 bits per heavy atom. The molecular formula is C18H12F2NPt-. The molecule has 2 aromatic carbocycles. The van der Waals surface area contributed by atoms with Gasteiger partial charge in [-0.15, -0.1) is 29.8 Å². The van der Waals surface area contributed by atoms with Crippen LogP contribution in [0.3, 0.4) is 0 Å². The third-order valence-corrected chi connectivity index (χ3v) is 3.26. The van der Waals surface area contributed by atoms with Gasteiger partial charge in [0.1, 0.15) is 5.82 Å². The van der Waals surface area contributed by atoms with Crippen LogP contribution in [-0.4, -0.2) is 4.98 Å². The predicted octanol–water partition coefficient (Wildman–Crippen LogP) is 4.80. The van der Waals surface area contributed by atoms with Gasteiger partial charge in [-0.25, -0.2) is 4.39 Å². The summed E-state index contributed by atoms with van der Waals surface area (Å²) in [4.78, 5) is 4.56. The molecule has 1 nitrogen and oxygen atoms in total. The van der Waals surface area contributed by atoms with Crippen LogP contribution in [0.25, 0.3) is 22.5 Å². The van der Waals surface area contributed by atoms with Crippen LogP contribution in [0.1, 0.15) is 5.56 Å². The molecule has 0 atom stereocenters. The molecule has 0 saturated heterocycles. The summed E-state index contributed by atoms with van der Waals surface area (Å²) in [6, 6.07) is 17.3. The second kappa shape index (κ2) is 6.93. The van der Waals surface area contributed by atoms with Gasteiger partial charge in [0.05, 0.1) is 5.69 Å². The Kier molecular flexibility index (Phi) is 5.20. The van der Waals surface area contributed by atoms with E-state index in [9.17, 15) is 8.78 Å². The molecule has 0 fully saturated rings. The van der Waals surface area contributed by atoms with Crippen LogP contribution in [-0.2, 0) is 21.1 Å². The smallest absolute Gasteiger partial charge is 0.123 e. The summed E-state index contributed by atoms with van der Waals surface area (Å²) in [5.74, 6) is -0.594. The SMILES string of the molecule is Cc1cc(F)ccc1-c1cccc(-c2[c-]cc(F)cc2)n1.[Pt]. The summed E-state index contributed by atoms with van der Waals surface area (Å²) in [6.45, 7) is 1.84. The fraction of sp³-hybridized carbons (Fsp3) is 0.0556. The molecule has 4 heteroatoms. The van der Waals surface area contributed by atoms with Gasteiger partial charge in [-0.2, -0.15) is 0 Å². The molecule has 0 N–H and O–H groups in total. The number of benzene rings is 2. The van der Waals surface area contributed by atoms with Crippen molar-refractivity contribution in [1.29, 1.82) is 0 Å². The Morgan fingerprint density at radius 3 is 2.32 bits per heavy atom. The summed E-state index contributed by atoms with van der Waals surface area (Å²) in [6.07, 6.45) is 0. The molecule has 0 saturated carbocycles. The number of halogens is 2. The molecule has 0 spiro atoms. The molecule has 1 heterocycles. The van der Waals surface area contributed by atoms with E-state index in [2.05, 4.69) is 11.1 Å². The molecule has 114 valence electrons. The van der Waals surface area contributed by atoms with Crippen molar-refractivity contribution in [1.82, 2.24) is 4.98 Å². The summed E-state index contributed by atoms with van der Waals surface area (Å²) < 4.78 is 26.1. The first-order valence-corrected chi connectivity index (χ1v) is 6.55. The standard InChI is InChI=1S/C18H12F2N.Pt/c1-12-11-15(20)9-10-16(12)18-4-2-3-17(21-18)13-5-7-14(19)8-6-13;/h2-5,7-11H,1H3;/q-1;. The second-order valence-electron chi connectivity index (χ2n) is 4.79. The third-order valence-electron chi connectivity index (χ3n) is 3.26. The molecule has 0 aliphatic carbocycles. The molecule has 3 aromatic rings. The van der Waals surface area contributed by atoms with E-state index in [1.54, 1.807) is 12.1 Å². The van der Waals surface area contributed by atoms with Crippen LogP contribution in [0, 0.1) is 24.6 Å². The maximum Gasteiger partial charge on any atom is 0.123 e. The van der Waals surface area contributed by atoms with Crippen molar-refractivity contribution in [3.63, 3.8) is 0 Å². The molecule has 0 radical (unpaired) electrons. The van der Waals surface area contributed by atoms with Crippen molar-refractivity contribution in [2.75, 3.05) is 0 Å². The number of hydrogen-bond donors (Lipinski definition) is 0. The van der Waals surface area contributed by atoms with Gasteiger partial charge in [0.2, 0.25) is 0 Å². The first-order valence-electron chi connectivity index (χ1n) is 6.55. The normalized spacial score (nSPS) is 10.1.